The summed E-state index contributed by atoms with van der Waals surface area (Å²) in [5.74, 6) is -0.144. The predicted octanol–water partition coefficient (Wildman–Crippen LogP) is 0.891. The molecule has 0 radical (unpaired) electrons. The Labute approximate surface area is 87.9 Å². The van der Waals surface area contributed by atoms with Crippen molar-refractivity contribution in [3.8, 4) is 0 Å². The molecule has 0 bridgehead atoms. The highest BCUT2D eigenvalue weighted by Gasteiger charge is 2.69. The van der Waals surface area contributed by atoms with E-state index in [1.807, 2.05) is 0 Å². The van der Waals surface area contributed by atoms with Gasteiger partial charge in [0.2, 0.25) is 0 Å². The van der Waals surface area contributed by atoms with E-state index in [1.54, 1.807) is 0 Å². The Morgan fingerprint density at radius 2 is 2.27 bits per heavy atom. The summed E-state index contributed by atoms with van der Waals surface area (Å²) in [5.41, 5.74) is -0.944. The van der Waals surface area contributed by atoms with E-state index in [-0.39, 0.29) is 24.0 Å². The lowest BCUT2D eigenvalue weighted by Crippen LogP contribution is -2.40. The summed E-state index contributed by atoms with van der Waals surface area (Å²) < 4.78 is 10.1. The maximum absolute atomic E-state index is 11.8. The molecular formula is C11H14O4. The molecule has 0 spiro atoms. The van der Waals surface area contributed by atoms with Crippen LogP contribution in [0.1, 0.15) is 25.7 Å². The van der Waals surface area contributed by atoms with Crippen molar-refractivity contribution in [2.75, 3.05) is 7.11 Å². The zero-order chi connectivity index (χ0) is 10.6. The first-order valence-corrected chi connectivity index (χ1v) is 5.49. The standard InChI is InChI=1S/C11H14O4/c1-14-9(12)11-5-4-6-2-3-7(8(6)11)15-10(11)13/h6-8H,2-5H2,1H3/t6-,7-,8+,11+/m0/s1. The van der Waals surface area contributed by atoms with Crippen LogP contribution in [0.3, 0.4) is 0 Å². The van der Waals surface area contributed by atoms with Gasteiger partial charge in [0.25, 0.3) is 0 Å². The second kappa shape index (κ2) is 2.74. The molecule has 0 aromatic heterocycles. The molecule has 4 nitrogen and oxygen atoms in total. The van der Waals surface area contributed by atoms with Crippen molar-refractivity contribution in [2.45, 2.75) is 31.8 Å². The van der Waals surface area contributed by atoms with E-state index in [1.165, 1.54) is 7.11 Å². The molecule has 1 heterocycles. The molecule has 0 N–H and O–H groups in total. The maximum Gasteiger partial charge on any atom is 0.324 e. The molecule has 82 valence electrons. The molecule has 0 unspecified atom stereocenters. The largest absolute Gasteiger partial charge is 0.468 e. The normalized spacial score (nSPS) is 46.5. The minimum atomic E-state index is -0.944. The van der Waals surface area contributed by atoms with Gasteiger partial charge in [0.05, 0.1) is 7.11 Å². The van der Waals surface area contributed by atoms with Crippen molar-refractivity contribution in [3.05, 3.63) is 0 Å². The van der Waals surface area contributed by atoms with Crippen LogP contribution in [0, 0.1) is 17.3 Å². The monoisotopic (exact) mass is 210 g/mol. The summed E-state index contributed by atoms with van der Waals surface area (Å²) in [7, 11) is 1.35. The SMILES string of the molecule is COC(=O)[C@]12CC[C@@H]3CC[C@H](OC1=O)[C@@H]32. The van der Waals surface area contributed by atoms with Gasteiger partial charge in [0.1, 0.15) is 6.10 Å². The smallest absolute Gasteiger partial charge is 0.324 e. The first-order chi connectivity index (χ1) is 7.20. The van der Waals surface area contributed by atoms with Crippen LogP contribution in [0.5, 0.6) is 0 Å². The molecule has 4 heteroatoms. The van der Waals surface area contributed by atoms with Crippen molar-refractivity contribution in [1.29, 1.82) is 0 Å². The van der Waals surface area contributed by atoms with E-state index in [0.29, 0.717) is 12.3 Å². The topological polar surface area (TPSA) is 52.6 Å². The third-order valence-corrected chi connectivity index (χ3v) is 4.38. The fourth-order valence-corrected chi connectivity index (χ4v) is 3.78. The van der Waals surface area contributed by atoms with Crippen molar-refractivity contribution in [2.24, 2.45) is 17.3 Å². The Balaban J connectivity index is 2.05. The van der Waals surface area contributed by atoms with Gasteiger partial charge in [-0.1, -0.05) is 0 Å². The molecule has 0 aromatic carbocycles. The predicted molar refractivity (Wildman–Crippen MR) is 49.8 cm³/mol. The minimum Gasteiger partial charge on any atom is -0.468 e. The fourth-order valence-electron chi connectivity index (χ4n) is 3.78. The number of esters is 2. The van der Waals surface area contributed by atoms with E-state index < -0.39 is 5.41 Å². The number of rotatable bonds is 1. The number of hydrogen-bond donors (Lipinski definition) is 0. The van der Waals surface area contributed by atoms with Crippen LogP contribution in [-0.4, -0.2) is 25.2 Å². The number of carbonyl (C=O) groups excluding carboxylic acids is 2. The molecule has 3 aliphatic rings. The second-order valence-electron chi connectivity index (χ2n) is 4.81. The lowest BCUT2D eigenvalue weighted by atomic mass is 9.77. The zero-order valence-corrected chi connectivity index (χ0v) is 8.69. The summed E-state index contributed by atoms with van der Waals surface area (Å²) in [6, 6.07) is 0. The average Bonchev–Trinajstić information content (AvgIpc) is 2.84. The van der Waals surface area contributed by atoms with Gasteiger partial charge in [-0.05, 0) is 31.6 Å². The van der Waals surface area contributed by atoms with Gasteiger partial charge in [0.15, 0.2) is 5.41 Å². The third-order valence-electron chi connectivity index (χ3n) is 4.38. The molecule has 0 aromatic rings. The number of hydrogen-bond acceptors (Lipinski definition) is 4. The van der Waals surface area contributed by atoms with Gasteiger partial charge in [-0.25, -0.2) is 0 Å². The molecule has 15 heavy (non-hydrogen) atoms. The highest BCUT2D eigenvalue weighted by atomic mass is 16.6. The van der Waals surface area contributed by atoms with Crippen LogP contribution in [0.2, 0.25) is 0 Å². The second-order valence-corrected chi connectivity index (χ2v) is 4.81. The Kier molecular flexibility index (Phi) is 1.68. The molecule has 0 amide bonds. The van der Waals surface area contributed by atoms with Crippen LogP contribution >= 0.6 is 0 Å². The van der Waals surface area contributed by atoms with Crippen LogP contribution in [-0.2, 0) is 19.1 Å². The van der Waals surface area contributed by atoms with E-state index in [2.05, 4.69) is 0 Å². The molecule has 1 aliphatic heterocycles. The van der Waals surface area contributed by atoms with Gasteiger partial charge in [0, 0.05) is 5.92 Å². The van der Waals surface area contributed by atoms with Crippen LogP contribution in [0.15, 0.2) is 0 Å². The Morgan fingerprint density at radius 1 is 1.47 bits per heavy atom. The highest BCUT2D eigenvalue weighted by Crippen LogP contribution is 2.60. The minimum absolute atomic E-state index is 0.0240. The van der Waals surface area contributed by atoms with Gasteiger partial charge in [-0.2, -0.15) is 0 Å². The number of ether oxygens (including phenoxy) is 2. The molecule has 1 saturated heterocycles. The Hall–Kier alpha value is -1.06. The lowest BCUT2D eigenvalue weighted by molar-refractivity contribution is -0.164. The fraction of sp³-hybridized carbons (Fsp3) is 0.818. The molecule has 3 fully saturated rings. The number of carbonyl (C=O) groups is 2. The van der Waals surface area contributed by atoms with Crippen LogP contribution in [0.4, 0.5) is 0 Å². The molecule has 2 saturated carbocycles. The molecule has 4 atom stereocenters. The van der Waals surface area contributed by atoms with Gasteiger partial charge in [-0.3, -0.25) is 9.59 Å². The van der Waals surface area contributed by atoms with Gasteiger partial charge in [-0.15, -0.1) is 0 Å². The Morgan fingerprint density at radius 3 is 3.00 bits per heavy atom. The number of methoxy groups -OCH3 is 1. The van der Waals surface area contributed by atoms with Crippen molar-refractivity contribution < 1.29 is 19.1 Å². The summed E-state index contributed by atoms with van der Waals surface area (Å²) in [4.78, 5) is 23.7. The van der Waals surface area contributed by atoms with E-state index in [4.69, 9.17) is 9.47 Å². The lowest BCUT2D eigenvalue weighted by Gasteiger charge is -2.21. The van der Waals surface area contributed by atoms with Crippen LogP contribution in [0.25, 0.3) is 0 Å². The van der Waals surface area contributed by atoms with Gasteiger partial charge >= 0.3 is 11.9 Å². The van der Waals surface area contributed by atoms with Crippen molar-refractivity contribution in [1.82, 2.24) is 0 Å². The summed E-state index contributed by atoms with van der Waals surface area (Å²) in [6.45, 7) is 0. The Bertz CT molecular complexity index is 327. The first-order valence-electron chi connectivity index (χ1n) is 5.49. The quantitative estimate of drug-likeness (QED) is 0.476. The first kappa shape index (κ1) is 9.19. The molecular weight excluding hydrogens is 196 g/mol. The van der Waals surface area contributed by atoms with Crippen molar-refractivity contribution in [3.63, 3.8) is 0 Å². The van der Waals surface area contributed by atoms with Crippen LogP contribution < -0.4 is 0 Å². The average molecular weight is 210 g/mol. The maximum atomic E-state index is 11.8. The van der Waals surface area contributed by atoms with Crippen molar-refractivity contribution >= 4 is 11.9 Å². The summed E-state index contributed by atoms with van der Waals surface area (Å²) in [6.07, 6.45) is 3.56. The van der Waals surface area contributed by atoms with Gasteiger partial charge < -0.3 is 9.47 Å². The van der Waals surface area contributed by atoms with E-state index >= 15 is 0 Å². The highest BCUT2D eigenvalue weighted by molar-refractivity contribution is 6.02. The van der Waals surface area contributed by atoms with E-state index in [0.717, 1.165) is 19.3 Å². The third kappa shape index (κ3) is 0.880. The van der Waals surface area contributed by atoms with E-state index in [9.17, 15) is 9.59 Å². The molecule has 3 rings (SSSR count). The molecule has 2 aliphatic carbocycles. The summed E-state index contributed by atoms with van der Waals surface area (Å²) in [5, 5.41) is 0. The summed E-state index contributed by atoms with van der Waals surface area (Å²) >= 11 is 0. The zero-order valence-electron chi connectivity index (χ0n) is 8.69.